The van der Waals surface area contributed by atoms with Crippen LogP contribution in [-0.2, 0) is 4.74 Å². The second kappa shape index (κ2) is 7.64. The number of amides is 2. The van der Waals surface area contributed by atoms with Crippen LogP contribution in [0.4, 0.5) is 4.79 Å². The molecular formula is C18H25BrN2O4. The Balaban J connectivity index is 2.05. The monoisotopic (exact) mass is 412 g/mol. The van der Waals surface area contributed by atoms with Crippen molar-refractivity contribution in [1.82, 2.24) is 9.80 Å². The summed E-state index contributed by atoms with van der Waals surface area (Å²) in [6.07, 6.45) is -0.336. The van der Waals surface area contributed by atoms with Crippen LogP contribution in [0.3, 0.4) is 0 Å². The van der Waals surface area contributed by atoms with Gasteiger partial charge in [-0.3, -0.25) is 4.79 Å². The molecule has 1 aliphatic rings. The van der Waals surface area contributed by atoms with E-state index >= 15 is 0 Å². The van der Waals surface area contributed by atoms with Crippen LogP contribution in [0.25, 0.3) is 0 Å². The first-order chi connectivity index (χ1) is 11.6. The number of benzene rings is 1. The molecule has 0 aromatic heterocycles. The number of carbonyl (C=O) groups is 2. The van der Waals surface area contributed by atoms with Gasteiger partial charge >= 0.3 is 6.09 Å². The van der Waals surface area contributed by atoms with Crippen molar-refractivity contribution < 1.29 is 19.1 Å². The topological polar surface area (TPSA) is 59.1 Å². The van der Waals surface area contributed by atoms with E-state index in [1.165, 1.54) is 0 Å². The van der Waals surface area contributed by atoms with Gasteiger partial charge in [0.05, 0.1) is 11.6 Å². The Morgan fingerprint density at radius 2 is 1.92 bits per heavy atom. The van der Waals surface area contributed by atoms with Crippen LogP contribution in [0.5, 0.6) is 5.75 Å². The van der Waals surface area contributed by atoms with Crippen LogP contribution >= 0.6 is 15.9 Å². The van der Waals surface area contributed by atoms with Crippen LogP contribution in [-0.4, -0.2) is 60.2 Å². The fraction of sp³-hybridized carbons (Fsp3) is 0.556. The fourth-order valence-electron chi connectivity index (χ4n) is 2.71. The first-order valence-electron chi connectivity index (χ1n) is 8.25. The SMILES string of the molecule is COc1cc(C(=O)N2CCN(C(=O)OC(C)(C)C)C(C)C2)ccc1Br. The number of nitrogens with zero attached hydrogens (tertiary/aromatic N) is 2. The first-order valence-corrected chi connectivity index (χ1v) is 9.04. The summed E-state index contributed by atoms with van der Waals surface area (Å²) in [5.74, 6) is 0.549. The number of piperazine rings is 1. The van der Waals surface area contributed by atoms with E-state index in [0.717, 1.165) is 4.47 Å². The lowest BCUT2D eigenvalue weighted by Crippen LogP contribution is -2.56. The van der Waals surface area contributed by atoms with E-state index < -0.39 is 5.60 Å². The van der Waals surface area contributed by atoms with Crippen LogP contribution in [0.2, 0.25) is 0 Å². The molecule has 7 heteroatoms. The van der Waals surface area contributed by atoms with E-state index in [4.69, 9.17) is 9.47 Å². The molecule has 0 aliphatic carbocycles. The van der Waals surface area contributed by atoms with E-state index in [9.17, 15) is 9.59 Å². The number of ether oxygens (including phenoxy) is 2. The molecule has 1 atom stereocenters. The molecule has 1 aliphatic heterocycles. The number of methoxy groups -OCH3 is 1. The number of hydrogen-bond donors (Lipinski definition) is 0. The summed E-state index contributed by atoms with van der Waals surface area (Å²) in [4.78, 5) is 28.5. The summed E-state index contributed by atoms with van der Waals surface area (Å²) in [6.45, 7) is 8.85. The molecule has 1 aromatic carbocycles. The lowest BCUT2D eigenvalue weighted by molar-refractivity contribution is 0.00198. The van der Waals surface area contributed by atoms with Crippen molar-refractivity contribution in [1.29, 1.82) is 0 Å². The van der Waals surface area contributed by atoms with Gasteiger partial charge < -0.3 is 19.3 Å². The third kappa shape index (κ3) is 4.87. The minimum atomic E-state index is -0.530. The van der Waals surface area contributed by atoms with Crippen molar-refractivity contribution in [2.75, 3.05) is 26.7 Å². The summed E-state index contributed by atoms with van der Waals surface area (Å²) in [5.41, 5.74) is 0.0375. The normalized spacial score (nSPS) is 18.1. The lowest BCUT2D eigenvalue weighted by Gasteiger charge is -2.40. The van der Waals surface area contributed by atoms with Crippen LogP contribution < -0.4 is 4.74 Å². The molecule has 1 fully saturated rings. The summed E-state index contributed by atoms with van der Waals surface area (Å²) >= 11 is 3.38. The zero-order valence-electron chi connectivity index (χ0n) is 15.3. The Kier molecular flexibility index (Phi) is 5.98. The molecule has 1 saturated heterocycles. The molecule has 1 unspecified atom stereocenters. The molecule has 138 valence electrons. The minimum absolute atomic E-state index is 0.0681. The summed E-state index contributed by atoms with van der Waals surface area (Å²) in [5, 5.41) is 0. The Labute approximate surface area is 157 Å². The van der Waals surface area contributed by atoms with Gasteiger partial charge in [0.15, 0.2) is 0 Å². The molecule has 1 heterocycles. The zero-order valence-corrected chi connectivity index (χ0v) is 16.9. The van der Waals surface area contributed by atoms with Crippen molar-refractivity contribution in [2.24, 2.45) is 0 Å². The van der Waals surface area contributed by atoms with Crippen LogP contribution in [0.1, 0.15) is 38.1 Å². The molecule has 0 bridgehead atoms. The highest BCUT2D eigenvalue weighted by molar-refractivity contribution is 9.10. The van der Waals surface area contributed by atoms with Gasteiger partial charge in [-0.2, -0.15) is 0 Å². The maximum absolute atomic E-state index is 12.8. The molecule has 0 spiro atoms. The maximum atomic E-state index is 12.8. The molecule has 6 nitrogen and oxygen atoms in total. The molecule has 0 saturated carbocycles. The second-order valence-corrected chi connectivity index (χ2v) is 7.98. The van der Waals surface area contributed by atoms with E-state index in [1.54, 1.807) is 35.1 Å². The zero-order chi connectivity index (χ0) is 18.8. The second-order valence-electron chi connectivity index (χ2n) is 7.12. The van der Waals surface area contributed by atoms with Gasteiger partial charge in [-0.1, -0.05) is 0 Å². The summed E-state index contributed by atoms with van der Waals surface area (Å²) < 4.78 is 11.5. The van der Waals surface area contributed by atoms with Gasteiger partial charge in [-0.15, -0.1) is 0 Å². The Morgan fingerprint density at radius 3 is 2.48 bits per heavy atom. The molecule has 2 amide bonds. The Morgan fingerprint density at radius 1 is 1.24 bits per heavy atom. The molecule has 0 radical (unpaired) electrons. The van der Waals surface area contributed by atoms with Gasteiger partial charge in [-0.05, 0) is 61.8 Å². The third-order valence-corrected chi connectivity index (χ3v) is 4.60. The number of rotatable bonds is 2. The molecule has 2 rings (SSSR count). The van der Waals surface area contributed by atoms with Crippen molar-refractivity contribution in [3.05, 3.63) is 28.2 Å². The largest absolute Gasteiger partial charge is 0.496 e. The minimum Gasteiger partial charge on any atom is -0.496 e. The standard InChI is InChI=1S/C18H25BrN2O4/c1-12-11-20(8-9-21(12)17(23)25-18(2,3)4)16(22)13-6-7-14(19)15(10-13)24-5/h6-7,10,12H,8-9,11H2,1-5H3. The predicted molar refractivity (Wildman–Crippen MR) is 99.0 cm³/mol. The quantitative estimate of drug-likeness (QED) is 0.744. The lowest BCUT2D eigenvalue weighted by atomic mass is 10.1. The number of carbonyl (C=O) groups excluding carboxylic acids is 2. The number of hydrogen-bond acceptors (Lipinski definition) is 4. The van der Waals surface area contributed by atoms with Crippen molar-refractivity contribution in [3.8, 4) is 5.75 Å². The molecular weight excluding hydrogens is 388 g/mol. The Bertz CT molecular complexity index is 657. The summed E-state index contributed by atoms with van der Waals surface area (Å²) in [7, 11) is 1.57. The molecule has 1 aromatic rings. The number of halogens is 1. The van der Waals surface area contributed by atoms with Crippen molar-refractivity contribution in [2.45, 2.75) is 39.3 Å². The smallest absolute Gasteiger partial charge is 0.410 e. The van der Waals surface area contributed by atoms with Crippen molar-refractivity contribution in [3.63, 3.8) is 0 Å². The van der Waals surface area contributed by atoms with Crippen molar-refractivity contribution >= 4 is 27.9 Å². The maximum Gasteiger partial charge on any atom is 0.410 e. The highest BCUT2D eigenvalue weighted by atomic mass is 79.9. The summed E-state index contributed by atoms with van der Waals surface area (Å²) in [6, 6.07) is 5.17. The van der Waals surface area contributed by atoms with Crippen LogP contribution in [0, 0.1) is 0 Å². The van der Waals surface area contributed by atoms with Gasteiger partial charge in [0.25, 0.3) is 5.91 Å². The molecule has 0 N–H and O–H groups in total. The van der Waals surface area contributed by atoms with E-state index in [2.05, 4.69) is 15.9 Å². The van der Waals surface area contributed by atoms with Gasteiger partial charge in [0.1, 0.15) is 11.4 Å². The average Bonchev–Trinajstić information content (AvgIpc) is 2.52. The van der Waals surface area contributed by atoms with Gasteiger partial charge in [0.2, 0.25) is 0 Å². The van der Waals surface area contributed by atoms with Crippen LogP contribution in [0.15, 0.2) is 22.7 Å². The first kappa shape index (κ1) is 19.6. The average molecular weight is 413 g/mol. The molecule has 25 heavy (non-hydrogen) atoms. The van der Waals surface area contributed by atoms with Gasteiger partial charge in [0, 0.05) is 31.2 Å². The van der Waals surface area contributed by atoms with E-state index in [0.29, 0.717) is 30.9 Å². The van der Waals surface area contributed by atoms with Gasteiger partial charge in [-0.25, -0.2) is 4.79 Å². The highest BCUT2D eigenvalue weighted by Crippen LogP contribution is 2.26. The Hall–Kier alpha value is -1.76. The third-order valence-electron chi connectivity index (χ3n) is 3.94. The van der Waals surface area contributed by atoms with E-state index in [1.807, 2.05) is 27.7 Å². The predicted octanol–water partition coefficient (Wildman–Crippen LogP) is 3.54. The fourth-order valence-corrected chi connectivity index (χ4v) is 3.12. The van der Waals surface area contributed by atoms with E-state index in [-0.39, 0.29) is 18.0 Å². The highest BCUT2D eigenvalue weighted by Gasteiger charge is 2.32.